The molecule has 5 rings (SSSR count). The zero-order chi connectivity index (χ0) is 34.7. The van der Waals surface area contributed by atoms with Gasteiger partial charge < -0.3 is 18.8 Å². The van der Waals surface area contributed by atoms with Gasteiger partial charge in [0.1, 0.15) is 26.2 Å². The van der Waals surface area contributed by atoms with E-state index in [1.165, 1.54) is 0 Å². The van der Waals surface area contributed by atoms with Crippen LogP contribution in [-0.2, 0) is 20.0 Å². The van der Waals surface area contributed by atoms with E-state index >= 15 is 0 Å². The molecular formula is C36H52N6O4S2+2. The molecule has 0 bridgehead atoms. The van der Waals surface area contributed by atoms with Crippen molar-refractivity contribution >= 4 is 53.0 Å². The Balaban J connectivity index is 1.09. The van der Waals surface area contributed by atoms with Crippen LogP contribution in [0.1, 0.15) is 12.8 Å². The third-order valence-corrected chi connectivity index (χ3v) is 13.0. The third kappa shape index (κ3) is 7.96. The van der Waals surface area contributed by atoms with Crippen LogP contribution in [-0.4, -0.2) is 120 Å². The summed E-state index contributed by atoms with van der Waals surface area (Å²) in [7, 11) is 5.02. The number of nitrogens with zero attached hydrogens (tertiary/aromatic N) is 4. The number of piperazine rings is 1. The molecule has 260 valence electrons. The summed E-state index contributed by atoms with van der Waals surface area (Å²) in [6.07, 6.45) is 1.50. The Bertz CT molecular complexity index is 1830. The fourth-order valence-corrected chi connectivity index (χ4v) is 9.49. The quantitative estimate of drug-likeness (QED) is 0.153. The first-order chi connectivity index (χ1) is 22.6. The Morgan fingerprint density at radius 2 is 0.875 bits per heavy atom. The topological polar surface area (TPSA) is 98.8 Å². The van der Waals surface area contributed by atoms with Gasteiger partial charge in [0, 0.05) is 87.0 Å². The monoisotopic (exact) mass is 696 g/mol. The van der Waals surface area contributed by atoms with Crippen LogP contribution in [0.4, 0.5) is 11.4 Å². The molecule has 4 aromatic carbocycles. The minimum Gasteiger partial charge on any atom is -0.377 e. The number of anilines is 2. The molecule has 1 aliphatic heterocycles. The molecule has 1 fully saturated rings. The second-order valence-corrected chi connectivity index (χ2v) is 17.6. The highest BCUT2D eigenvalue weighted by Gasteiger charge is 2.36. The van der Waals surface area contributed by atoms with E-state index in [-0.39, 0.29) is 0 Å². The number of sulfonamides is 2. The Hall–Kier alpha value is -3.26. The van der Waals surface area contributed by atoms with Crippen molar-refractivity contribution in [3.8, 4) is 0 Å². The fraction of sp³-hybridized carbons (Fsp3) is 0.444. The van der Waals surface area contributed by atoms with Crippen molar-refractivity contribution in [2.24, 2.45) is 0 Å². The molecular weight excluding hydrogens is 645 g/mol. The van der Waals surface area contributed by atoms with Crippen LogP contribution in [0.2, 0.25) is 0 Å². The zero-order valence-corrected chi connectivity index (χ0v) is 30.9. The predicted molar refractivity (Wildman–Crippen MR) is 198 cm³/mol. The number of likely N-dealkylation sites (N-methyl/N-ethyl adjacent to an activating group) is 2. The molecule has 0 aliphatic carbocycles. The molecule has 2 N–H and O–H groups in total. The first-order valence-electron chi connectivity index (χ1n) is 16.7. The fourth-order valence-electron chi connectivity index (χ4n) is 6.90. The van der Waals surface area contributed by atoms with Crippen molar-refractivity contribution in [2.75, 3.05) is 104 Å². The highest BCUT2D eigenvalue weighted by Crippen LogP contribution is 2.31. The van der Waals surface area contributed by atoms with E-state index < -0.39 is 20.0 Å². The minimum atomic E-state index is -3.66. The predicted octanol–water partition coefficient (Wildman–Crippen LogP) is 4.07. The Kier molecular flexibility index (Phi) is 10.7. The summed E-state index contributed by atoms with van der Waals surface area (Å²) in [5, 5.41) is 3.28. The molecule has 10 nitrogen and oxygen atoms in total. The highest BCUT2D eigenvalue weighted by atomic mass is 32.2. The molecule has 0 spiro atoms. The van der Waals surface area contributed by atoms with Crippen LogP contribution in [0.3, 0.4) is 0 Å². The largest absolute Gasteiger partial charge is 0.377 e. The van der Waals surface area contributed by atoms with E-state index in [0.29, 0.717) is 22.9 Å². The van der Waals surface area contributed by atoms with E-state index in [1.54, 1.807) is 24.3 Å². The van der Waals surface area contributed by atoms with Crippen molar-refractivity contribution in [1.29, 1.82) is 0 Å². The summed E-state index contributed by atoms with van der Waals surface area (Å²) in [5.41, 5.74) is 1.97. The van der Waals surface area contributed by atoms with E-state index in [2.05, 4.69) is 23.5 Å². The smallest absolute Gasteiger partial charge is 0.241 e. The maximum absolute atomic E-state index is 13.3. The maximum Gasteiger partial charge on any atom is 0.241 e. The van der Waals surface area contributed by atoms with Crippen molar-refractivity contribution in [3.63, 3.8) is 0 Å². The molecule has 0 amide bonds. The number of nitrogens with one attached hydrogen (secondary N) is 2. The lowest BCUT2D eigenvalue weighted by molar-refractivity contribution is -1.02. The molecule has 0 atom stereocenters. The normalized spacial score (nSPS) is 20.3. The Morgan fingerprint density at radius 1 is 0.542 bits per heavy atom. The maximum atomic E-state index is 13.3. The van der Waals surface area contributed by atoms with Gasteiger partial charge in [0.05, 0.1) is 37.0 Å². The average Bonchev–Trinajstić information content (AvgIpc) is 3.05. The highest BCUT2D eigenvalue weighted by molar-refractivity contribution is 7.90. The number of benzene rings is 4. The van der Waals surface area contributed by atoms with Crippen molar-refractivity contribution < 1.29 is 25.8 Å². The lowest BCUT2D eigenvalue weighted by Crippen LogP contribution is -2.64. The van der Waals surface area contributed by atoms with Crippen LogP contribution in [0.25, 0.3) is 21.5 Å². The van der Waals surface area contributed by atoms with Gasteiger partial charge in [0.15, 0.2) is 0 Å². The summed E-state index contributed by atoms with van der Waals surface area (Å²) in [6.45, 7) is 6.54. The van der Waals surface area contributed by atoms with Crippen LogP contribution in [0, 0.1) is 0 Å². The standard InChI is InChI=1S/C36H52N6O4S2/c1-39(2)33-17-7-15-31-29(33)13-9-19-35(31)47(43,44)37-21-11-23-41(5)25-27-42(6,28-26-41)24-12-22-38-48(45,46)36-20-10-14-30-32(36)16-8-18-34(30)40(3)4/h7-10,13-20,37-38H,11-12,21-28H2,1-6H3/q+2. The van der Waals surface area contributed by atoms with Gasteiger partial charge in [0.25, 0.3) is 0 Å². The number of hydrogen-bond acceptors (Lipinski definition) is 6. The van der Waals surface area contributed by atoms with E-state index in [9.17, 15) is 16.8 Å². The molecule has 0 aromatic heterocycles. The number of quaternary nitrogens is 2. The second kappa shape index (κ2) is 14.3. The number of fused-ring (bicyclic) bond motifs is 2. The molecule has 0 unspecified atom stereocenters. The average molecular weight is 697 g/mol. The van der Waals surface area contributed by atoms with Crippen LogP contribution >= 0.6 is 0 Å². The van der Waals surface area contributed by atoms with Gasteiger partial charge in [-0.25, -0.2) is 26.3 Å². The van der Waals surface area contributed by atoms with Gasteiger partial charge in [-0.2, -0.15) is 0 Å². The van der Waals surface area contributed by atoms with Crippen molar-refractivity contribution in [1.82, 2.24) is 9.44 Å². The molecule has 12 heteroatoms. The van der Waals surface area contributed by atoms with E-state index in [1.807, 2.05) is 86.5 Å². The molecule has 0 saturated carbocycles. The van der Waals surface area contributed by atoms with Crippen LogP contribution in [0.5, 0.6) is 0 Å². The SMILES string of the molecule is CN(C)c1cccc2c(S(=O)(=O)NCCC[N+]3(C)CC[N+](C)(CCCNS(=O)(=O)c4cccc5c(N(C)C)cccc45)CC3)cccc12. The van der Waals surface area contributed by atoms with Crippen molar-refractivity contribution in [2.45, 2.75) is 22.6 Å². The molecule has 1 saturated heterocycles. The zero-order valence-electron chi connectivity index (χ0n) is 29.2. The molecule has 1 heterocycles. The summed E-state index contributed by atoms with van der Waals surface area (Å²) in [4.78, 5) is 4.61. The Labute approximate surface area is 287 Å². The lowest BCUT2D eigenvalue weighted by Gasteiger charge is -2.46. The van der Waals surface area contributed by atoms with E-state index in [4.69, 9.17) is 0 Å². The van der Waals surface area contributed by atoms with Gasteiger partial charge in [-0.15, -0.1) is 0 Å². The van der Waals surface area contributed by atoms with E-state index in [0.717, 1.165) is 94.0 Å². The minimum absolute atomic E-state index is 0.313. The summed E-state index contributed by atoms with van der Waals surface area (Å²) < 4.78 is 60.8. The lowest BCUT2D eigenvalue weighted by atomic mass is 10.1. The molecule has 4 aromatic rings. The van der Waals surface area contributed by atoms with Gasteiger partial charge in [-0.3, -0.25) is 0 Å². The number of rotatable bonds is 14. The van der Waals surface area contributed by atoms with Crippen molar-refractivity contribution in [3.05, 3.63) is 72.8 Å². The summed E-state index contributed by atoms with van der Waals surface area (Å²) >= 11 is 0. The summed E-state index contributed by atoms with van der Waals surface area (Å²) in [6, 6.07) is 22.4. The number of hydrogen-bond donors (Lipinski definition) is 2. The first-order valence-corrected chi connectivity index (χ1v) is 19.7. The van der Waals surface area contributed by atoms with Crippen LogP contribution in [0.15, 0.2) is 82.6 Å². The molecule has 0 radical (unpaired) electrons. The van der Waals surface area contributed by atoms with Crippen LogP contribution < -0.4 is 19.2 Å². The molecule has 48 heavy (non-hydrogen) atoms. The first kappa shape index (κ1) is 36.0. The second-order valence-electron chi connectivity index (χ2n) is 14.1. The van der Waals surface area contributed by atoms with Gasteiger partial charge in [0.2, 0.25) is 20.0 Å². The van der Waals surface area contributed by atoms with Gasteiger partial charge >= 0.3 is 0 Å². The molecule has 1 aliphatic rings. The summed E-state index contributed by atoms with van der Waals surface area (Å²) in [5.74, 6) is 0. The van der Waals surface area contributed by atoms with Gasteiger partial charge in [-0.05, 0) is 24.3 Å². The Morgan fingerprint density at radius 3 is 1.23 bits per heavy atom. The van der Waals surface area contributed by atoms with Gasteiger partial charge in [-0.1, -0.05) is 48.5 Å². The third-order valence-electron chi connectivity index (χ3n) is 9.95.